The summed E-state index contributed by atoms with van der Waals surface area (Å²) < 4.78 is 1.73. The summed E-state index contributed by atoms with van der Waals surface area (Å²) in [5.74, 6) is 0.865. The summed E-state index contributed by atoms with van der Waals surface area (Å²) in [5.41, 5.74) is 0.931. The molecule has 2 heterocycles. The van der Waals surface area contributed by atoms with Gasteiger partial charge in [-0.1, -0.05) is 0 Å². The zero-order chi connectivity index (χ0) is 15.4. The average molecular weight is 366 g/mol. The lowest BCUT2D eigenvalue weighted by atomic mass is 9.95. The standard InChI is InChI=1S/C15H27N5O.2ClH/c1-16-14(13-9-17-19(4)11-13)15(21)20-7-5-12(6-8-20)10-18(2)3;;/h9,11-12,14,16H,5-8,10H2,1-4H3;2*1H. The quantitative estimate of drug-likeness (QED) is 0.854. The maximum atomic E-state index is 12.7. The van der Waals surface area contributed by atoms with Gasteiger partial charge in [0.05, 0.1) is 6.20 Å². The molecule has 1 saturated heterocycles. The SMILES string of the molecule is CNC(C(=O)N1CCC(CN(C)C)CC1)c1cnn(C)c1.Cl.Cl. The van der Waals surface area contributed by atoms with E-state index in [-0.39, 0.29) is 36.8 Å². The smallest absolute Gasteiger partial charge is 0.244 e. The fraction of sp³-hybridized carbons (Fsp3) is 0.733. The van der Waals surface area contributed by atoms with Gasteiger partial charge in [-0.25, -0.2) is 0 Å². The van der Waals surface area contributed by atoms with E-state index in [0.717, 1.165) is 38.0 Å². The van der Waals surface area contributed by atoms with Gasteiger partial charge in [0.25, 0.3) is 0 Å². The molecule has 134 valence electrons. The molecule has 1 atom stereocenters. The molecule has 0 aromatic carbocycles. The number of hydrogen-bond donors (Lipinski definition) is 1. The predicted octanol–water partition coefficient (Wildman–Crippen LogP) is 1.32. The molecule has 0 saturated carbocycles. The number of nitrogens with zero attached hydrogens (tertiary/aromatic N) is 4. The molecule has 23 heavy (non-hydrogen) atoms. The van der Waals surface area contributed by atoms with Crippen molar-refractivity contribution in [2.75, 3.05) is 40.8 Å². The molecular formula is C15H29Cl2N5O. The monoisotopic (exact) mass is 365 g/mol. The van der Waals surface area contributed by atoms with Crippen molar-refractivity contribution in [2.45, 2.75) is 18.9 Å². The van der Waals surface area contributed by atoms with Crippen molar-refractivity contribution in [2.24, 2.45) is 13.0 Å². The van der Waals surface area contributed by atoms with Gasteiger partial charge >= 0.3 is 0 Å². The summed E-state index contributed by atoms with van der Waals surface area (Å²) in [4.78, 5) is 16.9. The number of likely N-dealkylation sites (N-methyl/N-ethyl adjacent to an activating group) is 1. The van der Waals surface area contributed by atoms with Crippen LogP contribution in [0.15, 0.2) is 12.4 Å². The maximum Gasteiger partial charge on any atom is 0.244 e. The summed E-state index contributed by atoms with van der Waals surface area (Å²) >= 11 is 0. The van der Waals surface area contributed by atoms with E-state index in [4.69, 9.17) is 0 Å². The van der Waals surface area contributed by atoms with E-state index in [1.165, 1.54) is 0 Å². The lowest BCUT2D eigenvalue weighted by molar-refractivity contribution is -0.135. The fourth-order valence-electron chi connectivity index (χ4n) is 3.06. The van der Waals surface area contributed by atoms with Crippen LogP contribution in [0.5, 0.6) is 0 Å². The van der Waals surface area contributed by atoms with Crippen LogP contribution < -0.4 is 5.32 Å². The first kappa shape index (κ1) is 22.2. The second kappa shape index (κ2) is 10.1. The van der Waals surface area contributed by atoms with Gasteiger partial charge in [-0.15, -0.1) is 24.8 Å². The number of aromatic nitrogens is 2. The predicted molar refractivity (Wildman–Crippen MR) is 97.4 cm³/mol. The van der Waals surface area contributed by atoms with Gasteiger partial charge in [0, 0.05) is 38.4 Å². The lowest BCUT2D eigenvalue weighted by Crippen LogP contribution is -2.45. The first-order valence-electron chi connectivity index (χ1n) is 7.60. The number of likely N-dealkylation sites (tertiary alicyclic amines) is 1. The summed E-state index contributed by atoms with van der Waals surface area (Å²) in [6.07, 6.45) is 5.84. The molecular weight excluding hydrogens is 337 g/mol. The van der Waals surface area contributed by atoms with Crippen molar-refractivity contribution in [3.63, 3.8) is 0 Å². The van der Waals surface area contributed by atoms with E-state index in [1.54, 1.807) is 10.9 Å². The number of nitrogens with one attached hydrogen (secondary N) is 1. The Morgan fingerprint density at radius 1 is 1.39 bits per heavy atom. The van der Waals surface area contributed by atoms with Gasteiger partial charge in [-0.05, 0) is 39.9 Å². The normalized spacial score (nSPS) is 16.7. The Kier molecular flexibility index (Phi) is 9.77. The Morgan fingerprint density at radius 2 is 2.00 bits per heavy atom. The second-order valence-corrected chi connectivity index (χ2v) is 6.20. The molecule has 1 N–H and O–H groups in total. The Bertz CT molecular complexity index is 472. The van der Waals surface area contributed by atoms with Crippen LogP contribution in [0, 0.1) is 5.92 Å². The first-order chi connectivity index (χ1) is 10.0. The van der Waals surface area contributed by atoms with E-state index in [1.807, 2.05) is 25.2 Å². The molecule has 0 spiro atoms. The summed E-state index contributed by atoms with van der Waals surface area (Å²) in [6, 6.07) is -0.288. The minimum Gasteiger partial charge on any atom is -0.341 e. The van der Waals surface area contributed by atoms with E-state index >= 15 is 0 Å². The van der Waals surface area contributed by atoms with Crippen molar-refractivity contribution in [3.8, 4) is 0 Å². The zero-order valence-corrected chi connectivity index (χ0v) is 16.0. The van der Waals surface area contributed by atoms with Crippen LogP contribution in [0.1, 0.15) is 24.4 Å². The number of carbonyl (C=O) groups excluding carboxylic acids is 1. The highest BCUT2D eigenvalue weighted by molar-refractivity contribution is 5.85. The Hall–Kier alpha value is -0.820. The van der Waals surface area contributed by atoms with Crippen LogP contribution in [0.25, 0.3) is 0 Å². The Morgan fingerprint density at radius 3 is 2.43 bits per heavy atom. The molecule has 1 unspecified atom stereocenters. The fourth-order valence-corrected chi connectivity index (χ4v) is 3.06. The van der Waals surface area contributed by atoms with Crippen LogP contribution in [-0.2, 0) is 11.8 Å². The highest BCUT2D eigenvalue weighted by Crippen LogP contribution is 2.22. The topological polar surface area (TPSA) is 53.4 Å². The zero-order valence-electron chi connectivity index (χ0n) is 14.4. The lowest BCUT2D eigenvalue weighted by Gasteiger charge is -2.35. The largest absolute Gasteiger partial charge is 0.341 e. The number of halogens is 2. The third kappa shape index (κ3) is 5.95. The second-order valence-electron chi connectivity index (χ2n) is 6.20. The van der Waals surface area contributed by atoms with Gasteiger partial charge in [0.2, 0.25) is 5.91 Å². The Labute approximate surface area is 151 Å². The van der Waals surface area contributed by atoms with E-state index in [0.29, 0.717) is 5.92 Å². The molecule has 0 radical (unpaired) electrons. The van der Waals surface area contributed by atoms with Gasteiger partial charge in [-0.2, -0.15) is 5.10 Å². The Balaban J connectivity index is 0.00000242. The van der Waals surface area contributed by atoms with Gasteiger partial charge in [0.1, 0.15) is 6.04 Å². The number of hydrogen-bond acceptors (Lipinski definition) is 4. The third-order valence-electron chi connectivity index (χ3n) is 4.14. The molecule has 1 amide bonds. The molecule has 1 aromatic heterocycles. The van der Waals surface area contributed by atoms with Crippen LogP contribution in [0.2, 0.25) is 0 Å². The number of rotatable bonds is 5. The highest BCUT2D eigenvalue weighted by atomic mass is 35.5. The molecule has 1 fully saturated rings. The first-order valence-corrected chi connectivity index (χ1v) is 7.60. The van der Waals surface area contributed by atoms with Gasteiger partial charge in [-0.3, -0.25) is 9.48 Å². The van der Waals surface area contributed by atoms with Crippen LogP contribution in [0.4, 0.5) is 0 Å². The molecule has 2 rings (SSSR count). The third-order valence-corrected chi connectivity index (χ3v) is 4.14. The molecule has 1 aliphatic heterocycles. The maximum absolute atomic E-state index is 12.7. The summed E-state index contributed by atoms with van der Waals surface area (Å²) in [7, 11) is 7.91. The van der Waals surface area contributed by atoms with Crippen molar-refractivity contribution >= 4 is 30.7 Å². The molecule has 0 bridgehead atoms. The minimum absolute atomic E-state index is 0. The molecule has 6 nitrogen and oxygen atoms in total. The van der Waals surface area contributed by atoms with Crippen molar-refractivity contribution < 1.29 is 4.79 Å². The number of amides is 1. The van der Waals surface area contributed by atoms with Gasteiger partial charge < -0.3 is 15.1 Å². The van der Waals surface area contributed by atoms with Crippen molar-refractivity contribution in [1.29, 1.82) is 0 Å². The minimum atomic E-state index is -0.288. The van der Waals surface area contributed by atoms with Crippen LogP contribution in [-0.4, -0.2) is 66.3 Å². The molecule has 1 aromatic rings. The summed E-state index contributed by atoms with van der Waals surface area (Å²) in [6.45, 7) is 2.83. The molecule has 1 aliphatic rings. The van der Waals surface area contributed by atoms with Crippen molar-refractivity contribution in [3.05, 3.63) is 18.0 Å². The highest BCUT2D eigenvalue weighted by Gasteiger charge is 2.29. The number of aryl methyl sites for hydroxylation is 1. The summed E-state index contributed by atoms with van der Waals surface area (Å²) in [5, 5.41) is 7.28. The van der Waals surface area contributed by atoms with E-state index < -0.39 is 0 Å². The number of piperidine rings is 1. The van der Waals surface area contributed by atoms with Gasteiger partial charge in [0.15, 0.2) is 0 Å². The van der Waals surface area contributed by atoms with E-state index in [2.05, 4.69) is 29.4 Å². The molecule has 0 aliphatic carbocycles. The molecule has 8 heteroatoms. The average Bonchev–Trinajstić information content (AvgIpc) is 2.86. The van der Waals surface area contributed by atoms with Crippen LogP contribution in [0.3, 0.4) is 0 Å². The van der Waals surface area contributed by atoms with E-state index in [9.17, 15) is 4.79 Å². The number of carbonyl (C=O) groups is 1. The van der Waals surface area contributed by atoms with Crippen LogP contribution >= 0.6 is 24.8 Å². The van der Waals surface area contributed by atoms with Crippen molar-refractivity contribution in [1.82, 2.24) is 24.9 Å².